The van der Waals surface area contributed by atoms with Crippen LogP contribution >= 0.6 is 0 Å². The molecule has 0 unspecified atom stereocenters. The highest BCUT2D eigenvalue weighted by molar-refractivity contribution is 5.34. The molecule has 0 saturated heterocycles. The fourth-order valence-electron chi connectivity index (χ4n) is 3.17. The maximum absolute atomic E-state index is 9.39. The van der Waals surface area contributed by atoms with Gasteiger partial charge in [0.2, 0.25) is 5.89 Å². The van der Waals surface area contributed by atoms with E-state index in [1.165, 1.54) is 11.1 Å². The third-order valence-corrected chi connectivity index (χ3v) is 4.34. The number of rotatable bonds is 5. The summed E-state index contributed by atoms with van der Waals surface area (Å²) < 4.78 is 5.70. The maximum atomic E-state index is 9.39. The Morgan fingerprint density at radius 3 is 2.86 bits per heavy atom. The lowest BCUT2D eigenvalue weighted by atomic mass is 10.1. The predicted octanol–water partition coefficient (Wildman–Crippen LogP) is 2.77. The van der Waals surface area contributed by atoms with Gasteiger partial charge in [-0.05, 0) is 37.8 Å². The predicted molar refractivity (Wildman–Crippen MR) is 81.0 cm³/mol. The van der Waals surface area contributed by atoms with Crippen molar-refractivity contribution in [2.75, 3.05) is 13.2 Å². The van der Waals surface area contributed by atoms with Crippen molar-refractivity contribution in [2.45, 2.75) is 39.3 Å². The van der Waals surface area contributed by atoms with Gasteiger partial charge in [0.15, 0.2) is 0 Å². The minimum Gasteiger partial charge on any atom is -0.444 e. The zero-order chi connectivity index (χ0) is 14.8. The molecule has 1 heterocycles. The van der Waals surface area contributed by atoms with Crippen LogP contribution in [0.2, 0.25) is 0 Å². The fourth-order valence-corrected chi connectivity index (χ4v) is 3.17. The van der Waals surface area contributed by atoms with Gasteiger partial charge in [-0.3, -0.25) is 4.90 Å². The Morgan fingerprint density at radius 2 is 2.14 bits per heavy atom. The molecule has 1 aliphatic rings. The minimum absolute atomic E-state index is 0.150. The summed E-state index contributed by atoms with van der Waals surface area (Å²) in [6.07, 6.45) is 2.20. The van der Waals surface area contributed by atoms with Crippen LogP contribution in [0.1, 0.15) is 40.9 Å². The highest BCUT2D eigenvalue weighted by Gasteiger charge is 2.28. The van der Waals surface area contributed by atoms with Crippen LogP contribution in [0.5, 0.6) is 0 Å². The molecule has 1 N–H and O–H groups in total. The molecule has 1 atom stereocenters. The van der Waals surface area contributed by atoms with Crippen molar-refractivity contribution in [1.29, 1.82) is 0 Å². The lowest BCUT2D eigenvalue weighted by Crippen LogP contribution is -2.30. The van der Waals surface area contributed by atoms with Crippen LogP contribution in [0, 0.1) is 13.8 Å². The molecule has 0 radical (unpaired) electrons. The first kappa shape index (κ1) is 14.3. The highest BCUT2D eigenvalue weighted by Crippen LogP contribution is 2.36. The second-order valence-electron chi connectivity index (χ2n) is 5.70. The molecule has 0 saturated carbocycles. The summed E-state index contributed by atoms with van der Waals surface area (Å²) in [5.74, 6) is 1.61. The van der Waals surface area contributed by atoms with Crippen molar-refractivity contribution in [3.63, 3.8) is 0 Å². The summed E-state index contributed by atoms with van der Waals surface area (Å²) in [6, 6.07) is 8.93. The Morgan fingerprint density at radius 1 is 1.33 bits per heavy atom. The third kappa shape index (κ3) is 2.87. The zero-order valence-electron chi connectivity index (χ0n) is 12.7. The van der Waals surface area contributed by atoms with Crippen molar-refractivity contribution in [2.24, 2.45) is 0 Å². The van der Waals surface area contributed by atoms with Gasteiger partial charge in [-0.1, -0.05) is 24.3 Å². The molecule has 3 rings (SSSR count). The van der Waals surface area contributed by atoms with Crippen LogP contribution < -0.4 is 0 Å². The maximum Gasteiger partial charge on any atom is 0.208 e. The van der Waals surface area contributed by atoms with Gasteiger partial charge in [-0.25, -0.2) is 4.98 Å². The Kier molecular flexibility index (Phi) is 4.08. The monoisotopic (exact) mass is 286 g/mol. The highest BCUT2D eigenvalue weighted by atomic mass is 16.4. The van der Waals surface area contributed by atoms with Crippen LogP contribution in [0.15, 0.2) is 28.7 Å². The summed E-state index contributed by atoms with van der Waals surface area (Å²) in [4.78, 5) is 6.74. The lowest BCUT2D eigenvalue weighted by molar-refractivity contribution is 0.131. The van der Waals surface area contributed by atoms with E-state index in [-0.39, 0.29) is 6.61 Å². The Bertz CT molecular complexity index is 602. The van der Waals surface area contributed by atoms with E-state index in [0.29, 0.717) is 19.1 Å². The van der Waals surface area contributed by atoms with Crippen molar-refractivity contribution >= 4 is 0 Å². The number of hydrogen-bond acceptors (Lipinski definition) is 4. The van der Waals surface area contributed by atoms with E-state index in [1.54, 1.807) is 0 Å². The van der Waals surface area contributed by atoms with E-state index in [1.807, 2.05) is 13.8 Å². The Labute approximate surface area is 125 Å². The van der Waals surface area contributed by atoms with E-state index in [4.69, 9.17) is 4.42 Å². The summed E-state index contributed by atoms with van der Waals surface area (Å²) in [6.45, 7) is 5.34. The first-order chi connectivity index (χ1) is 10.2. The number of benzene rings is 1. The van der Waals surface area contributed by atoms with E-state index >= 15 is 0 Å². The van der Waals surface area contributed by atoms with E-state index in [9.17, 15) is 5.11 Å². The van der Waals surface area contributed by atoms with Gasteiger partial charge >= 0.3 is 0 Å². The van der Waals surface area contributed by atoms with E-state index in [0.717, 1.165) is 30.2 Å². The average Bonchev–Trinajstić information content (AvgIpc) is 3.03. The summed E-state index contributed by atoms with van der Waals surface area (Å²) in [5, 5.41) is 9.39. The molecule has 4 nitrogen and oxygen atoms in total. The molecule has 0 spiro atoms. The van der Waals surface area contributed by atoms with Gasteiger partial charge in [0.1, 0.15) is 5.76 Å². The third-order valence-electron chi connectivity index (χ3n) is 4.34. The molecule has 0 aliphatic heterocycles. The Hall–Kier alpha value is -1.65. The van der Waals surface area contributed by atoms with Gasteiger partial charge in [0, 0.05) is 12.6 Å². The average molecular weight is 286 g/mol. The molecular weight excluding hydrogens is 264 g/mol. The molecule has 1 aliphatic carbocycles. The summed E-state index contributed by atoms with van der Waals surface area (Å²) in [7, 11) is 0. The SMILES string of the molecule is Cc1nc(CN(CCO)[C@H]2CCc3ccccc32)oc1C. The number of hydrogen-bond donors (Lipinski definition) is 1. The van der Waals surface area contributed by atoms with Gasteiger partial charge in [0.05, 0.1) is 18.8 Å². The number of aliphatic hydroxyl groups excluding tert-OH is 1. The first-order valence-corrected chi connectivity index (χ1v) is 7.54. The van der Waals surface area contributed by atoms with E-state index in [2.05, 4.69) is 34.1 Å². The normalized spacial score (nSPS) is 17.4. The van der Waals surface area contributed by atoms with Crippen molar-refractivity contribution in [3.05, 3.63) is 52.7 Å². The van der Waals surface area contributed by atoms with Crippen LogP contribution in [-0.4, -0.2) is 28.1 Å². The second-order valence-corrected chi connectivity index (χ2v) is 5.70. The van der Waals surface area contributed by atoms with E-state index < -0.39 is 0 Å². The molecule has 0 fully saturated rings. The molecule has 2 aromatic rings. The molecule has 1 aromatic heterocycles. The molecule has 4 heteroatoms. The van der Waals surface area contributed by atoms with Crippen LogP contribution in [-0.2, 0) is 13.0 Å². The van der Waals surface area contributed by atoms with Crippen molar-refractivity contribution < 1.29 is 9.52 Å². The van der Waals surface area contributed by atoms with Gasteiger partial charge in [-0.2, -0.15) is 0 Å². The number of oxazole rings is 1. The van der Waals surface area contributed by atoms with Crippen molar-refractivity contribution in [1.82, 2.24) is 9.88 Å². The summed E-state index contributed by atoms with van der Waals surface area (Å²) in [5.41, 5.74) is 3.75. The zero-order valence-corrected chi connectivity index (χ0v) is 12.7. The molecule has 1 aromatic carbocycles. The summed E-state index contributed by atoms with van der Waals surface area (Å²) >= 11 is 0. The van der Waals surface area contributed by atoms with Crippen LogP contribution in [0.25, 0.3) is 0 Å². The smallest absolute Gasteiger partial charge is 0.208 e. The molecule has 21 heavy (non-hydrogen) atoms. The second kappa shape index (κ2) is 6.00. The minimum atomic E-state index is 0.150. The topological polar surface area (TPSA) is 49.5 Å². The standard InChI is InChI=1S/C17H22N2O2/c1-12-13(2)21-17(18-12)11-19(9-10-20)16-8-7-14-5-3-4-6-15(14)16/h3-6,16,20H,7-11H2,1-2H3/t16-/m0/s1. The molecular formula is C17H22N2O2. The fraction of sp³-hybridized carbons (Fsp3) is 0.471. The quantitative estimate of drug-likeness (QED) is 0.918. The van der Waals surface area contributed by atoms with Gasteiger partial charge < -0.3 is 9.52 Å². The number of nitrogens with zero attached hydrogens (tertiary/aromatic N) is 2. The Balaban J connectivity index is 1.82. The van der Waals surface area contributed by atoms with Crippen molar-refractivity contribution in [3.8, 4) is 0 Å². The molecule has 112 valence electrons. The van der Waals surface area contributed by atoms with Crippen LogP contribution in [0.4, 0.5) is 0 Å². The largest absolute Gasteiger partial charge is 0.444 e. The first-order valence-electron chi connectivity index (χ1n) is 7.54. The lowest BCUT2D eigenvalue weighted by Gasteiger charge is -2.27. The number of aromatic nitrogens is 1. The van der Waals surface area contributed by atoms with Crippen LogP contribution in [0.3, 0.4) is 0 Å². The van der Waals surface area contributed by atoms with Gasteiger partial charge in [0.25, 0.3) is 0 Å². The number of aliphatic hydroxyl groups is 1. The van der Waals surface area contributed by atoms with Gasteiger partial charge in [-0.15, -0.1) is 0 Å². The molecule has 0 amide bonds. The number of aryl methyl sites for hydroxylation is 3. The molecule has 0 bridgehead atoms. The number of fused-ring (bicyclic) bond motifs is 1.